The highest BCUT2D eigenvalue weighted by Gasteiger charge is 2.30. The van der Waals surface area contributed by atoms with Gasteiger partial charge in [-0.1, -0.05) is 26.5 Å². The van der Waals surface area contributed by atoms with Crippen molar-refractivity contribution in [1.82, 2.24) is 30.0 Å². The molecule has 2 atom stereocenters. The topological polar surface area (TPSA) is 61.8 Å². The van der Waals surface area contributed by atoms with Crippen molar-refractivity contribution in [3.05, 3.63) is 42.5 Å². The number of fused-ring (bicyclic) bond motifs is 1. The summed E-state index contributed by atoms with van der Waals surface area (Å²) in [6, 6.07) is 5.92. The molecule has 0 aliphatic carbocycles. The molecule has 0 bridgehead atoms. The molecule has 160 valence electrons. The molecule has 4 rings (SSSR count). The first-order chi connectivity index (χ1) is 14.3. The highest BCUT2D eigenvalue weighted by molar-refractivity contribution is 5.92. The zero-order chi connectivity index (χ0) is 21.4. The van der Waals surface area contributed by atoms with Gasteiger partial charge in [-0.3, -0.25) is 5.10 Å². The number of rotatable bonds is 6. The second-order valence-corrected chi connectivity index (χ2v) is 8.77. The van der Waals surface area contributed by atoms with Gasteiger partial charge in [0.25, 0.3) is 0 Å². The number of hydrogen-bond acceptors (Lipinski definition) is 4. The molecule has 6 nitrogen and oxygen atoms in total. The van der Waals surface area contributed by atoms with Gasteiger partial charge in [-0.2, -0.15) is 5.10 Å². The number of aromatic nitrogens is 4. The van der Waals surface area contributed by atoms with Crippen molar-refractivity contribution in [3.63, 3.8) is 0 Å². The van der Waals surface area contributed by atoms with Gasteiger partial charge in [-0.25, -0.2) is 9.37 Å². The molecule has 30 heavy (non-hydrogen) atoms. The predicted octanol–water partition coefficient (Wildman–Crippen LogP) is 3.90. The minimum atomic E-state index is -0.924. The molecule has 3 aromatic rings. The summed E-state index contributed by atoms with van der Waals surface area (Å²) < 4.78 is 16.9. The zero-order valence-electron chi connectivity index (χ0n) is 18.2. The van der Waals surface area contributed by atoms with Crippen LogP contribution in [0.25, 0.3) is 27.9 Å². The van der Waals surface area contributed by atoms with E-state index in [0.717, 1.165) is 53.2 Å². The van der Waals surface area contributed by atoms with Gasteiger partial charge >= 0.3 is 0 Å². The van der Waals surface area contributed by atoms with E-state index in [-0.39, 0.29) is 6.04 Å². The van der Waals surface area contributed by atoms with Crippen molar-refractivity contribution < 1.29 is 4.39 Å². The van der Waals surface area contributed by atoms with Gasteiger partial charge in [0.05, 0.1) is 29.1 Å². The van der Waals surface area contributed by atoms with Gasteiger partial charge in [-0.05, 0) is 31.4 Å². The number of nitrogens with zero attached hydrogens (tertiary/aromatic N) is 4. The summed E-state index contributed by atoms with van der Waals surface area (Å²) in [6.45, 7) is 12.8. The number of likely N-dealkylation sites (tertiary alicyclic amines) is 1. The monoisotopic (exact) mass is 410 g/mol. The van der Waals surface area contributed by atoms with E-state index in [1.54, 1.807) is 0 Å². The third-order valence-corrected chi connectivity index (χ3v) is 5.97. The average Bonchev–Trinajstić information content (AvgIpc) is 3.26. The van der Waals surface area contributed by atoms with Crippen LogP contribution in [0.3, 0.4) is 0 Å². The number of imidazole rings is 1. The van der Waals surface area contributed by atoms with Crippen molar-refractivity contribution in [2.24, 2.45) is 13.0 Å². The highest BCUT2D eigenvalue weighted by atomic mass is 19.1. The summed E-state index contributed by atoms with van der Waals surface area (Å²) in [5, 5.41) is 11.8. The quantitative estimate of drug-likeness (QED) is 0.647. The van der Waals surface area contributed by atoms with Crippen LogP contribution in [0.15, 0.2) is 31.0 Å². The molecule has 1 aromatic carbocycles. The van der Waals surface area contributed by atoms with E-state index in [2.05, 4.69) is 62.5 Å². The minimum absolute atomic E-state index is 0.240. The van der Waals surface area contributed by atoms with Gasteiger partial charge < -0.3 is 14.8 Å². The predicted molar refractivity (Wildman–Crippen MR) is 120 cm³/mol. The van der Waals surface area contributed by atoms with Crippen LogP contribution in [-0.2, 0) is 7.05 Å². The lowest BCUT2D eigenvalue weighted by molar-refractivity contribution is 0.102. The second-order valence-electron chi connectivity index (χ2n) is 8.77. The first kappa shape index (κ1) is 20.6. The van der Waals surface area contributed by atoms with E-state index in [0.29, 0.717) is 18.2 Å². The summed E-state index contributed by atoms with van der Waals surface area (Å²) in [7, 11) is 2.01. The van der Waals surface area contributed by atoms with E-state index < -0.39 is 6.17 Å². The maximum absolute atomic E-state index is 14.8. The van der Waals surface area contributed by atoms with Crippen LogP contribution in [0.1, 0.15) is 31.8 Å². The van der Waals surface area contributed by atoms with Crippen molar-refractivity contribution in [1.29, 1.82) is 0 Å². The Morgan fingerprint density at radius 2 is 2.20 bits per heavy atom. The zero-order valence-corrected chi connectivity index (χ0v) is 18.2. The third-order valence-electron chi connectivity index (χ3n) is 5.97. The fourth-order valence-electron chi connectivity index (χ4n) is 4.28. The van der Waals surface area contributed by atoms with Crippen molar-refractivity contribution in [2.75, 3.05) is 19.6 Å². The van der Waals surface area contributed by atoms with Crippen LogP contribution >= 0.6 is 0 Å². The number of hydrogen-bond donors (Lipinski definition) is 2. The number of aryl methyl sites for hydroxylation is 1. The number of benzene rings is 1. The van der Waals surface area contributed by atoms with Crippen LogP contribution in [0.5, 0.6) is 0 Å². The largest absolute Gasteiger partial charge is 0.378 e. The molecule has 0 radical (unpaired) electrons. The van der Waals surface area contributed by atoms with Gasteiger partial charge in [0.15, 0.2) is 0 Å². The van der Waals surface area contributed by atoms with Crippen LogP contribution < -0.4 is 5.32 Å². The average molecular weight is 411 g/mol. The SMILES string of the molecule is C=C(NC1CCN(CC(C)C)C[C@@H]1F)c1n[nH]c2ccc(-c3cnc(C)n3C)cc12. The van der Waals surface area contributed by atoms with E-state index in [4.69, 9.17) is 0 Å². The Bertz CT molecular complexity index is 1050. The first-order valence-electron chi connectivity index (χ1n) is 10.6. The van der Waals surface area contributed by atoms with E-state index in [1.807, 2.05) is 26.2 Å². The number of piperidine rings is 1. The molecule has 2 aromatic heterocycles. The molecule has 0 saturated carbocycles. The summed E-state index contributed by atoms with van der Waals surface area (Å²) >= 11 is 0. The second kappa shape index (κ2) is 8.22. The Kier molecular flexibility index (Phi) is 5.64. The molecule has 1 aliphatic heterocycles. The summed E-state index contributed by atoms with van der Waals surface area (Å²) in [6.07, 6.45) is 1.71. The molecular weight excluding hydrogens is 379 g/mol. The maximum Gasteiger partial charge on any atom is 0.133 e. The Hall–Kier alpha value is -2.67. The Morgan fingerprint density at radius 1 is 1.40 bits per heavy atom. The van der Waals surface area contributed by atoms with Gasteiger partial charge in [0.2, 0.25) is 0 Å². The molecule has 7 heteroatoms. The molecule has 0 amide bonds. The molecule has 1 saturated heterocycles. The van der Waals surface area contributed by atoms with Crippen molar-refractivity contribution >= 4 is 16.6 Å². The smallest absolute Gasteiger partial charge is 0.133 e. The third kappa shape index (κ3) is 3.99. The van der Waals surface area contributed by atoms with E-state index >= 15 is 0 Å². The number of halogens is 1. The van der Waals surface area contributed by atoms with E-state index in [1.165, 1.54) is 0 Å². The Morgan fingerprint density at radius 3 is 2.87 bits per heavy atom. The maximum atomic E-state index is 14.8. The first-order valence-corrected chi connectivity index (χ1v) is 10.6. The van der Waals surface area contributed by atoms with Crippen LogP contribution in [0.4, 0.5) is 4.39 Å². The van der Waals surface area contributed by atoms with Crippen LogP contribution in [-0.4, -0.2) is 56.5 Å². The fraction of sp³-hybridized carbons (Fsp3) is 0.478. The van der Waals surface area contributed by atoms with Crippen LogP contribution in [0.2, 0.25) is 0 Å². The molecule has 0 spiro atoms. The van der Waals surface area contributed by atoms with Gasteiger partial charge in [-0.15, -0.1) is 0 Å². The Balaban J connectivity index is 1.52. The molecule has 2 N–H and O–H groups in total. The fourth-order valence-corrected chi connectivity index (χ4v) is 4.28. The summed E-state index contributed by atoms with van der Waals surface area (Å²) in [4.78, 5) is 6.60. The van der Waals surface area contributed by atoms with Gasteiger partial charge in [0.1, 0.15) is 17.7 Å². The molecular formula is C23H31FN6. The lowest BCUT2D eigenvalue weighted by Crippen LogP contribution is -2.50. The van der Waals surface area contributed by atoms with Crippen molar-refractivity contribution in [3.8, 4) is 11.3 Å². The standard InChI is InChI=1S/C23H31FN6/c1-14(2)12-30-9-8-21(19(24)13-30)26-15(3)23-18-10-17(6-7-20(18)27-28-23)22-11-25-16(4)29(22)5/h6-7,10-11,14,19,21,26H,3,8-9,12-13H2,1-2,4-5H3,(H,27,28)/t19-,21?/m0/s1. The highest BCUT2D eigenvalue weighted by Crippen LogP contribution is 2.28. The molecule has 1 unspecified atom stereocenters. The molecule has 1 aliphatic rings. The summed E-state index contributed by atoms with van der Waals surface area (Å²) in [5.74, 6) is 1.51. The minimum Gasteiger partial charge on any atom is -0.378 e. The normalized spacial score (nSPS) is 20.2. The molecule has 1 fully saturated rings. The number of H-pyrrole nitrogens is 1. The van der Waals surface area contributed by atoms with E-state index in [9.17, 15) is 4.39 Å². The Labute approximate surface area is 177 Å². The number of alkyl halides is 1. The lowest BCUT2D eigenvalue weighted by atomic mass is 10.0. The lowest BCUT2D eigenvalue weighted by Gasteiger charge is -2.36. The number of aromatic amines is 1. The number of nitrogens with one attached hydrogen (secondary N) is 2. The van der Waals surface area contributed by atoms with Gasteiger partial charge in [0, 0.05) is 37.6 Å². The van der Waals surface area contributed by atoms with Crippen LogP contribution in [0, 0.1) is 12.8 Å². The summed E-state index contributed by atoms with van der Waals surface area (Å²) in [5.41, 5.74) is 4.43. The van der Waals surface area contributed by atoms with Crippen molar-refractivity contribution in [2.45, 2.75) is 39.4 Å². The molecule has 3 heterocycles.